The number of carbonyl (C=O) groups is 1. The van der Waals surface area contributed by atoms with E-state index in [1.54, 1.807) is 6.20 Å². The summed E-state index contributed by atoms with van der Waals surface area (Å²) in [6.07, 6.45) is 4.87. The molecule has 166 valence electrons. The average molecular weight is 437 g/mol. The monoisotopic (exact) mass is 436 g/mol. The van der Waals surface area contributed by atoms with Gasteiger partial charge in [0.1, 0.15) is 6.04 Å². The molecule has 2 heterocycles. The molecule has 5 rings (SSSR count). The Morgan fingerprint density at radius 3 is 2.03 bits per heavy atom. The zero-order valence-electron chi connectivity index (χ0n) is 18.6. The van der Waals surface area contributed by atoms with E-state index in [1.165, 1.54) is 5.56 Å². The molecule has 1 fully saturated rings. The van der Waals surface area contributed by atoms with E-state index in [2.05, 4.69) is 64.9 Å². The van der Waals surface area contributed by atoms with Crippen molar-refractivity contribution in [2.45, 2.75) is 31.2 Å². The summed E-state index contributed by atoms with van der Waals surface area (Å²) in [7, 11) is 0. The summed E-state index contributed by atoms with van der Waals surface area (Å²) in [4.78, 5) is 15.3. The maximum atomic E-state index is 13.3. The van der Waals surface area contributed by atoms with Crippen molar-refractivity contribution in [3.8, 4) is 0 Å². The lowest BCUT2D eigenvalue weighted by Crippen LogP contribution is -2.32. The van der Waals surface area contributed by atoms with Crippen LogP contribution in [0.15, 0.2) is 97.2 Å². The Hall–Kier alpha value is -3.73. The van der Waals surface area contributed by atoms with Gasteiger partial charge in [-0.1, -0.05) is 96.2 Å². The second kappa shape index (κ2) is 9.82. The van der Waals surface area contributed by atoms with E-state index >= 15 is 0 Å². The average Bonchev–Trinajstić information content (AvgIpc) is 3.22. The first-order chi connectivity index (χ1) is 16.3. The highest BCUT2D eigenvalue weighted by Gasteiger charge is 2.26. The van der Waals surface area contributed by atoms with Gasteiger partial charge in [-0.3, -0.25) is 4.79 Å². The van der Waals surface area contributed by atoms with Crippen LogP contribution in [-0.4, -0.2) is 38.9 Å². The van der Waals surface area contributed by atoms with Crippen LogP contribution >= 0.6 is 0 Å². The molecule has 33 heavy (non-hydrogen) atoms. The molecule has 1 aromatic heterocycles. The van der Waals surface area contributed by atoms with Crippen molar-refractivity contribution in [3.05, 3.63) is 120 Å². The Balaban J connectivity index is 1.35. The van der Waals surface area contributed by atoms with Crippen LogP contribution in [0.2, 0.25) is 0 Å². The molecule has 1 saturated heterocycles. The standard InChI is InChI=1S/C28H28N4O/c33-28(31-19-10-17-23(18-20-31)22-11-4-1-5-12-22)26-21-32(30-29-26)27(24-13-6-2-7-14-24)25-15-8-3-9-16-25/h1-9,11-16,21,23,27H,10,17-20H2. The summed E-state index contributed by atoms with van der Waals surface area (Å²) >= 11 is 0. The van der Waals surface area contributed by atoms with Crippen LogP contribution in [0.5, 0.6) is 0 Å². The molecule has 5 nitrogen and oxygen atoms in total. The van der Waals surface area contributed by atoms with Gasteiger partial charge in [0.25, 0.3) is 5.91 Å². The molecule has 1 unspecified atom stereocenters. The molecule has 0 N–H and O–H groups in total. The Labute approximate surface area is 194 Å². The second-order valence-electron chi connectivity index (χ2n) is 8.64. The van der Waals surface area contributed by atoms with E-state index in [0.29, 0.717) is 11.6 Å². The number of benzene rings is 3. The third kappa shape index (κ3) is 4.72. The molecule has 4 aromatic rings. The van der Waals surface area contributed by atoms with Gasteiger partial charge in [0.05, 0.1) is 6.20 Å². The minimum absolute atomic E-state index is 0.0326. The summed E-state index contributed by atoms with van der Waals surface area (Å²) in [6.45, 7) is 1.50. The molecule has 0 aliphatic carbocycles. The third-order valence-electron chi connectivity index (χ3n) is 6.51. The molecular formula is C28H28N4O. The zero-order chi connectivity index (χ0) is 22.5. The zero-order valence-corrected chi connectivity index (χ0v) is 18.6. The number of hydrogen-bond donors (Lipinski definition) is 0. The highest BCUT2D eigenvalue weighted by Crippen LogP contribution is 2.29. The molecule has 1 atom stereocenters. The molecule has 1 amide bonds. The molecule has 0 radical (unpaired) electrons. The van der Waals surface area contributed by atoms with Crippen LogP contribution in [0, 0.1) is 0 Å². The Morgan fingerprint density at radius 1 is 0.788 bits per heavy atom. The minimum Gasteiger partial charge on any atom is -0.337 e. The molecule has 3 aromatic carbocycles. The maximum absolute atomic E-state index is 13.3. The molecule has 1 aliphatic rings. The quantitative estimate of drug-likeness (QED) is 0.425. The fourth-order valence-corrected chi connectivity index (χ4v) is 4.79. The summed E-state index contributed by atoms with van der Waals surface area (Å²) in [6, 6.07) is 30.9. The van der Waals surface area contributed by atoms with Crippen LogP contribution in [0.3, 0.4) is 0 Å². The van der Waals surface area contributed by atoms with Gasteiger partial charge in [-0.05, 0) is 41.9 Å². The predicted molar refractivity (Wildman–Crippen MR) is 129 cm³/mol. The number of amides is 1. The van der Waals surface area contributed by atoms with Crippen LogP contribution in [0.1, 0.15) is 58.4 Å². The fraction of sp³-hybridized carbons (Fsp3) is 0.250. The first kappa shape index (κ1) is 21.1. The lowest BCUT2D eigenvalue weighted by atomic mass is 9.92. The van der Waals surface area contributed by atoms with E-state index in [4.69, 9.17) is 0 Å². The van der Waals surface area contributed by atoms with Crippen molar-refractivity contribution in [2.75, 3.05) is 13.1 Å². The third-order valence-corrected chi connectivity index (χ3v) is 6.51. The molecular weight excluding hydrogens is 408 g/mol. The van der Waals surface area contributed by atoms with Crippen molar-refractivity contribution < 1.29 is 4.79 Å². The van der Waals surface area contributed by atoms with Crippen molar-refractivity contribution in [3.63, 3.8) is 0 Å². The molecule has 0 saturated carbocycles. The van der Waals surface area contributed by atoms with Gasteiger partial charge >= 0.3 is 0 Å². The highest BCUT2D eigenvalue weighted by molar-refractivity contribution is 5.92. The maximum Gasteiger partial charge on any atom is 0.276 e. The summed E-state index contributed by atoms with van der Waals surface area (Å²) in [5, 5.41) is 8.68. The van der Waals surface area contributed by atoms with E-state index < -0.39 is 0 Å². The van der Waals surface area contributed by atoms with Gasteiger partial charge in [0, 0.05) is 13.1 Å². The van der Waals surface area contributed by atoms with Gasteiger partial charge in [0.2, 0.25) is 0 Å². The molecule has 0 bridgehead atoms. The Kier molecular flexibility index (Phi) is 6.29. The van der Waals surface area contributed by atoms with E-state index in [-0.39, 0.29) is 11.9 Å². The van der Waals surface area contributed by atoms with E-state index in [1.807, 2.05) is 46.0 Å². The largest absolute Gasteiger partial charge is 0.337 e. The number of hydrogen-bond acceptors (Lipinski definition) is 3. The Bertz CT molecular complexity index is 1130. The van der Waals surface area contributed by atoms with Gasteiger partial charge in [-0.25, -0.2) is 4.68 Å². The number of nitrogens with zero attached hydrogens (tertiary/aromatic N) is 4. The topological polar surface area (TPSA) is 51.0 Å². The molecule has 5 heteroatoms. The lowest BCUT2D eigenvalue weighted by Gasteiger charge is -2.20. The van der Waals surface area contributed by atoms with Crippen LogP contribution < -0.4 is 0 Å². The van der Waals surface area contributed by atoms with Gasteiger partial charge < -0.3 is 4.90 Å². The number of rotatable bonds is 5. The van der Waals surface area contributed by atoms with Crippen LogP contribution in [0.25, 0.3) is 0 Å². The van der Waals surface area contributed by atoms with E-state index in [0.717, 1.165) is 43.5 Å². The number of carbonyl (C=O) groups excluding carboxylic acids is 1. The number of likely N-dealkylation sites (tertiary alicyclic amines) is 1. The first-order valence-electron chi connectivity index (χ1n) is 11.7. The van der Waals surface area contributed by atoms with Crippen molar-refractivity contribution in [1.29, 1.82) is 0 Å². The molecule has 0 spiro atoms. The number of aromatic nitrogens is 3. The van der Waals surface area contributed by atoms with Crippen molar-refractivity contribution >= 4 is 5.91 Å². The first-order valence-corrected chi connectivity index (χ1v) is 11.7. The van der Waals surface area contributed by atoms with Crippen LogP contribution in [0.4, 0.5) is 0 Å². The molecule has 1 aliphatic heterocycles. The highest BCUT2D eigenvalue weighted by atomic mass is 16.2. The smallest absolute Gasteiger partial charge is 0.276 e. The minimum atomic E-state index is -0.131. The fourth-order valence-electron chi connectivity index (χ4n) is 4.79. The summed E-state index contributed by atoms with van der Waals surface area (Å²) in [5.74, 6) is 0.468. The van der Waals surface area contributed by atoms with Gasteiger partial charge in [0.15, 0.2) is 5.69 Å². The second-order valence-corrected chi connectivity index (χ2v) is 8.64. The van der Waals surface area contributed by atoms with Crippen LogP contribution in [-0.2, 0) is 0 Å². The summed E-state index contributed by atoms with van der Waals surface area (Å²) < 4.78 is 1.81. The van der Waals surface area contributed by atoms with Gasteiger partial charge in [-0.15, -0.1) is 5.10 Å². The lowest BCUT2D eigenvalue weighted by molar-refractivity contribution is 0.0755. The predicted octanol–water partition coefficient (Wildman–Crippen LogP) is 5.33. The van der Waals surface area contributed by atoms with Crippen molar-refractivity contribution in [2.24, 2.45) is 0 Å². The van der Waals surface area contributed by atoms with Crippen molar-refractivity contribution in [1.82, 2.24) is 19.9 Å². The van der Waals surface area contributed by atoms with E-state index in [9.17, 15) is 4.79 Å². The van der Waals surface area contributed by atoms with Gasteiger partial charge in [-0.2, -0.15) is 0 Å². The SMILES string of the molecule is O=C(c1cn(C(c2ccccc2)c2ccccc2)nn1)N1CCCC(c2ccccc2)CC1. The normalized spacial score (nSPS) is 16.5. The summed E-state index contributed by atoms with van der Waals surface area (Å²) in [5.41, 5.74) is 3.98. The Morgan fingerprint density at radius 2 is 1.39 bits per heavy atom.